The predicted octanol–water partition coefficient (Wildman–Crippen LogP) is 3.12. The van der Waals surface area contributed by atoms with Gasteiger partial charge in [0.1, 0.15) is 0 Å². The van der Waals surface area contributed by atoms with Crippen LogP contribution in [-0.4, -0.2) is 79.5 Å². The highest BCUT2D eigenvalue weighted by Crippen LogP contribution is 2.48. The fraction of sp³-hybridized carbons (Fsp3) is 0.652. The van der Waals surface area contributed by atoms with Crippen LogP contribution in [0, 0.1) is 0 Å². The van der Waals surface area contributed by atoms with Crippen molar-refractivity contribution in [3.63, 3.8) is 0 Å². The molecule has 1 aliphatic carbocycles. The number of ketones is 1. The van der Waals surface area contributed by atoms with Crippen LogP contribution in [0.1, 0.15) is 44.6 Å². The number of nitrogens with zero attached hydrogens (tertiary/aromatic N) is 3. The molecule has 0 atom stereocenters. The highest BCUT2D eigenvalue weighted by molar-refractivity contribution is 5.87. The minimum Gasteiger partial charge on any atom is -0.383 e. The maximum absolute atomic E-state index is 13.1. The van der Waals surface area contributed by atoms with Gasteiger partial charge in [-0.05, 0) is 45.3 Å². The van der Waals surface area contributed by atoms with E-state index in [4.69, 9.17) is 4.74 Å². The molecule has 6 nitrogen and oxygen atoms in total. The van der Waals surface area contributed by atoms with Crippen LogP contribution in [0.3, 0.4) is 0 Å². The lowest BCUT2D eigenvalue weighted by atomic mass is 9.68. The molecule has 29 heavy (non-hydrogen) atoms. The summed E-state index contributed by atoms with van der Waals surface area (Å²) in [6.07, 6.45) is 4.28. The maximum Gasteiger partial charge on any atom is 0.321 e. The number of hydrogen-bond donors (Lipinski definition) is 0. The van der Waals surface area contributed by atoms with Crippen molar-refractivity contribution in [2.75, 3.05) is 47.4 Å². The number of urea groups is 1. The van der Waals surface area contributed by atoms with Gasteiger partial charge in [0.2, 0.25) is 0 Å². The molecule has 1 saturated heterocycles. The third kappa shape index (κ3) is 4.05. The molecule has 1 spiro atoms. The van der Waals surface area contributed by atoms with E-state index >= 15 is 0 Å². The molecule has 0 N–H and O–H groups in total. The zero-order valence-corrected chi connectivity index (χ0v) is 18.3. The third-order valence-electron chi connectivity index (χ3n) is 7.01. The van der Waals surface area contributed by atoms with Gasteiger partial charge in [-0.25, -0.2) is 4.79 Å². The molecule has 1 saturated carbocycles. The number of benzene rings is 1. The number of methoxy groups -OCH3 is 1. The van der Waals surface area contributed by atoms with Gasteiger partial charge in [0, 0.05) is 32.2 Å². The molecule has 2 fully saturated rings. The van der Waals surface area contributed by atoms with Gasteiger partial charge >= 0.3 is 6.03 Å². The SMILES string of the molecule is CCC(=O)CN1CC2(CCC(c3ccccc3)(N(C)C)CC2)N(CCOC)C1=O. The molecule has 1 heterocycles. The standard InChI is InChI=1S/C23H35N3O3/c1-5-20(27)17-25-18-22(26(21(25)28)15-16-29-4)11-13-23(14-12-22,24(2)3)19-9-7-6-8-10-19/h6-10H,5,11-18H2,1-4H3. The van der Waals surface area contributed by atoms with Gasteiger partial charge in [0.25, 0.3) is 0 Å². The van der Waals surface area contributed by atoms with Crippen LogP contribution in [0.25, 0.3) is 0 Å². The molecule has 1 aromatic carbocycles. The number of rotatable bonds is 8. The predicted molar refractivity (Wildman–Crippen MR) is 114 cm³/mol. The van der Waals surface area contributed by atoms with E-state index < -0.39 is 0 Å². The van der Waals surface area contributed by atoms with Crippen molar-refractivity contribution < 1.29 is 14.3 Å². The van der Waals surface area contributed by atoms with E-state index in [9.17, 15) is 9.59 Å². The summed E-state index contributed by atoms with van der Waals surface area (Å²) in [5, 5.41) is 0. The van der Waals surface area contributed by atoms with E-state index in [1.807, 2.05) is 11.8 Å². The Morgan fingerprint density at radius 1 is 1.14 bits per heavy atom. The normalized spacial score (nSPS) is 27.3. The maximum atomic E-state index is 13.1. The van der Waals surface area contributed by atoms with Crippen molar-refractivity contribution in [2.45, 2.75) is 50.1 Å². The topological polar surface area (TPSA) is 53.1 Å². The second-order valence-electron chi connectivity index (χ2n) is 8.69. The summed E-state index contributed by atoms with van der Waals surface area (Å²) < 4.78 is 5.28. The van der Waals surface area contributed by atoms with Gasteiger partial charge in [-0.1, -0.05) is 37.3 Å². The molecule has 6 heteroatoms. The first-order chi connectivity index (χ1) is 13.9. The first kappa shape index (κ1) is 21.8. The van der Waals surface area contributed by atoms with Crippen molar-refractivity contribution in [3.05, 3.63) is 35.9 Å². The molecule has 2 amide bonds. The summed E-state index contributed by atoms with van der Waals surface area (Å²) in [5.41, 5.74) is 1.11. The monoisotopic (exact) mass is 401 g/mol. The number of Topliss-reactive ketones (excluding diaryl/α,β-unsaturated/α-hetero) is 1. The van der Waals surface area contributed by atoms with Crippen LogP contribution in [0.2, 0.25) is 0 Å². The smallest absolute Gasteiger partial charge is 0.321 e. The minimum atomic E-state index is -0.210. The summed E-state index contributed by atoms with van der Waals surface area (Å²) >= 11 is 0. The van der Waals surface area contributed by atoms with Crippen molar-refractivity contribution in [1.82, 2.24) is 14.7 Å². The average molecular weight is 402 g/mol. The molecule has 3 rings (SSSR count). The average Bonchev–Trinajstić information content (AvgIpc) is 2.98. The summed E-state index contributed by atoms with van der Waals surface area (Å²) in [5.74, 6) is 0.116. The van der Waals surface area contributed by atoms with Crippen LogP contribution < -0.4 is 0 Å². The Morgan fingerprint density at radius 3 is 2.34 bits per heavy atom. The molecule has 160 valence electrons. The molecule has 2 aliphatic rings. The Hall–Kier alpha value is -1.92. The summed E-state index contributed by atoms with van der Waals surface area (Å²) in [7, 11) is 5.97. The second-order valence-corrected chi connectivity index (χ2v) is 8.69. The van der Waals surface area contributed by atoms with E-state index in [0.717, 1.165) is 25.7 Å². The van der Waals surface area contributed by atoms with E-state index in [2.05, 4.69) is 49.3 Å². The molecule has 1 aromatic rings. The zero-order valence-electron chi connectivity index (χ0n) is 18.3. The lowest BCUT2D eigenvalue weighted by Crippen LogP contribution is -2.56. The Balaban J connectivity index is 1.85. The lowest BCUT2D eigenvalue weighted by molar-refractivity contribution is -0.119. The van der Waals surface area contributed by atoms with E-state index in [0.29, 0.717) is 26.1 Å². The van der Waals surface area contributed by atoms with Crippen LogP contribution in [0.5, 0.6) is 0 Å². The van der Waals surface area contributed by atoms with Crippen molar-refractivity contribution in [2.24, 2.45) is 0 Å². The zero-order chi connectivity index (χ0) is 21.1. The van der Waals surface area contributed by atoms with Gasteiger partial charge in [-0.3, -0.25) is 9.69 Å². The molecular formula is C23H35N3O3. The van der Waals surface area contributed by atoms with Crippen molar-refractivity contribution >= 4 is 11.8 Å². The van der Waals surface area contributed by atoms with Crippen molar-refractivity contribution in [3.8, 4) is 0 Å². The van der Waals surface area contributed by atoms with Crippen LogP contribution in [-0.2, 0) is 15.1 Å². The highest BCUT2D eigenvalue weighted by atomic mass is 16.5. The number of ether oxygens (including phenoxy) is 1. The first-order valence-corrected chi connectivity index (χ1v) is 10.7. The molecule has 0 unspecified atom stereocenters. The summed E-state index contributed by atoms with van der Waals surface area (Å²) in [6, 6.07) is 10.7. The van der Waals surface area contributed by atoms with Crippen molar-refractivity contribution in [1.29, 1.82) is 0 Å². The third-order valence-corrected chi connectivity index (χ3v) is 7.01. The molecule has 1 aliphatic heterocycles. The van der Waals surface area contributed by atoms with Crippen LogP contribution >= 0.6 is 0 Å². The molecule has 0 radical (unpaired) electrons. The number of carbonyl (C=O) groups excluding carboxylic acids is 2. The Morgan fingerprint density at radius 2 is 1.79 bits per heavy atom. The van der Waals surface area contributed by atoms with Gasteiger partial charge in [-0.15, -0.1) is 0 Å². The summed E-state index contributed by atoms with van der Waals surface area (Å²) in [6.45, 7) is 3.80. The van der Waals surface area contributed by atoms with Crippen LogP contribution in [0.4, 0.5) is 4.79 Å². The Bertz CT molecular complexity index is 711. The molecular weight excluding hydrogens is 366 g/mol. The quantitative estimate of drug-likeness (QED) is 0.672. The van der Waals surface area contributed by atoms with E-state index in [-0.39, 0.29) is 29.4 Å². The number of carbonyl (C=O) groups is 2. The van der Waals surface area contributed by atoms with Crippen LogP contribution in [0.15, 0.2) is 30.3 Å². The fourth-order valence-electron chi connectivity index (χ4n) is 5.14. The van der Waals surface area contributed by atoms with Gasteiger partial charge in [-0.2, -0.15) is 0 Å². The number of hydrogen-bond acceptors (Lipinski definition) is 4. The largest absolute Gasteiger partial charge is 0.383 e. The first-order valence-electron chi connectivity index (χ1n) is 10.7. The fourth-order valence-corrected chi connectivity index (χ4v) is 5.14. The summed E-state index contributed by atoms with van der Waals surface area (Å²) in [4.78, 5) is 31.3. The van der Waals surface area contributed by atoms with E-state index in [1.54, 1.807) is 12.0 Å². The molecule has 0 aromatic heterocycles. The minimum absolute atomic E-state index is 0.0130. The van der Waals surface area contributed by atoms with Gasteiger partial charge in [0.05, 0.1) is 18.7 Å². The number of amides is 2. The lowest BCUT2D eigenvalue weighted by Gasteiger charge is -2.51. The second kappa shape index (κ2) is 8.84. The Labute approximate surface area is 174 Å². The molecule has 0 bridgehead atoms. The van der Waals surface area contributed by atoms with E-state index in [1.165, 1.54) is 5.56 Å². The Kier molecular flexibility index (Phi) is 6.64. The highest BCUT2D eigenvalue weighted by Gasteiger charge is 2.54. The van der Waals surface area contributed by atoms with Gasteiger partial charge in [0.15, 0.2) is 5.78 Å². The van der Waals surface area contributed by atoms with Gasteiger partial charge < -0.3 is 14.5 Å².